The fraction of sp³-hybridized carbons (Fsp3) is 0.500. The summed E-state index contributed by atoms with van der Waals surface area (Å²) in [5, 5.41) is 3.27. The Morgan fingerprint density at radius 3 is 2.19 bits per heavy atom. The predicted molar refractivity (Wildman–Crippen MR) is 56.3 cm³/mol. The summed E-state index contributed by atoms with van der Waals surface area (Å²) < 4.78 is 37.0. The predicted octanol–water partition coefficient (Wildman–Crippen LogP) is 3.17. The molecular weight excluding hydrogens is 215 g/mol. The Kier molecular flexibility index (Phi) is 2.93. The lowest BCUT2D eigenvalue weighted by Crippen LogP contribution is -2.46. The summed E-state index contributed by atoms with van der Waals surface area (Å²) in [6.07, 6.45) is -3.14. The average Bonchev–Trinajstić information content (AvgIpc) is 2.14. The lowest BCUT2D eigenvalue weighted by atomic mass is 9.87. The van der Waals surface area contributed by atoms with Crippen molar-refractivity contribution in [2.24, 2.45) is 0 Å². The van der Waals surface area contributed by atoms with Crippen molar-refractivity contribution in [1.29, 1.82) is 0 Å². The van der Waals surface area contributed by atoms with Crippen LogP contribution in [0.1, 0.15) is 30.4 Å². The lowest BCUT2D eigenvalue weighted by Gasteiger charge is -2.33. The van der Waals surface area contributed by atoms with Crippen LogP contribution in [0.5, 0.6) is 0 Å². The molecular formula is C12H14F3N. The minimum Gasteiger partial charge on any atom is -0.313 e. The Morgan fingerprint density at radius 2 is 1.81 bits per heavy atom. The van der Waals surface area contributed by atoms with Crippen molar-refractivity contribution < 1.29 is 13.2 Å². The number of benzene rings is 1. The number of rotatable bonds is 2. The van der Waals surface area contributed by atoms with Crippen molar-refractivity contribution in [3.05, 3.63) is 35.4 Å². The van der Waals surface area contributed by atoms with E-state index < -0.39 is 11.7 Å². The molecule has 1 saturated heterocycles. The zero-order chi connectivity index (χ0) is 11.8. The van der Waals surface area contributed by atoms with Gasteiger partial charge in [-0.15, -0.1) is 0 Å². The van der Waals surface area contributed by atoms with Crippen LogP contribution < -0.4 is 5.32 Å². The quantitative estimate of drug-likeness (QED) is 0.821. The van der Waals surface area contributed by atoms with E-state index >= 15 is 0 Å². The molecule has 4 heteroatoms. The van der Waals surface area contributed by atoms with Crippen LogP contribution in [0.2, 0.25) is 0 Å². The Balaban J connectivity index is 2.12. The van der Waals surface area contributed by atoms with Crippen molar-refractivity contribution in [3.63, 3.8) is 0 Å². The molecule has 2 atom stereocenters. The van der Waals surface area contributed by atoms with E-state index in [-0.39, 0.29) is 5.92 Å². The number of halogens is 3. The molecule has 0 amide bonds. The molecule has 1 nitrogen and oxygen atoms in total. The minimum absolute atomic E-state index is 0.274. The summed E-state index contributed by atoms with van der Waals surface area (Å²) in [4.78, 5) is 0. The van der Waals surface area contributed by atoms with Gasteiger partial charge in [0.15, 0.2) is 0 Å². The molecule has 1 aliphatic heterocycles. The first kappa shape index (κ1) is 11.5. The maximum absolute atomic E-state index is 12.3. The molecule has 1 N–H and O–H groups in total. The highest BCUT2D eigenvalue weighted by molar-refractivity contribution is 5.28. The van der Waals surface area contributed by atoms with E-state index in [1.54, 1.807) is 12.1 Å². The molecule has 0 saturated carbocycles. The fourth-order valence-electron chi connectivity index (χ4n) is 1.95. The topological polar surface area (TPSA) is 12.0 Å². The summed E-state index contributed by atoms with van der Waals surface area (Å²) in [6.45, 7) is 3.05. The van der Waals surface area contributed by atoms with Crippen LogP contribution in [0.15, 0.2) is 24.3 Å². The van der Waals surface area contributed by atoms with E-state index in [2.05, 4.69) is 5.32 Å². The molecule has 1 heterocycles. The highest BCUT2D eigenvalue weighted by atomic mass is 19.4. The minimum atomic E-state index is -4.24. The Bertz CT molecular complexity index is 352. The van der Waals surface area contributed by atoms with Gasteiger partial charge in [0.2, 0.25) is 0 Å². The van der Waals surface area contributed by atoms with Gasteiger partial charge in [0.1, 0.15) is 0 Å². The first-order valence-electron chi connectivity index (χ1n) is 5.39. The van der Waals surface area contributed by atoms with Gasteiger partial charge in [-0.3, -0.25) is 0 Å². The van der Waals surface area contributed by atoms with Crippen LogP contribution in [-0.4, -0.2) is 12.6 Å². The number of hydrogen-bond donors (Lipinski definition) is 1. The number of nitrogens with one attached hydrogen (secondary N) is 1. The first-order valence-corrected chi connectivity index (χ1v) is 5.39. The van der Waals surface area contributed by atoms with Crippen molar-refractivity contribution in [3.8, 4) is 0 Å². The maximum Gasteiger partial charge on any atom is 0.416 e. The third-order valence-corrected chi connectivity index (χ3v) is 3.23. The van der Waals surface area contributed by atoms with Gasteiger partial charge in [0.05, 0.1) is 5.56 Å². The molecule has 16 heavy (non-hydrogen) atoms. The lowest BCUT2D eigenvalue weighted by molar-refractivity contribution is -0.137. The SMILES string of the molecule is CC(c1ccc(C(F)(F)F)cc1)C1CCN1. The van der Waals surface area contributed by atoms with Crippen molar-refractivity contribution in [2.45, 2.75) is 31.5 Å². The second-order valence-electron chi connectivity index (χ2n) is 4.26. The third kappa shape index (κ3) is 2.21. The normalized spacial score (nSPS) is 22.6. The monoisotopic (exact) mass is 229 g/mol. The third-order valence-electron chi connectivity index (χ3n) is 3.23. The molecule has 1 fully saturated rings. The van der Waals surface area contributed by atoms with Gasteiger partial charge in [-0.2, -0.15) is 13.2 Å². The molecule has 1 aromatic carbocycles. The molecule has 0 aliphatic carbocycles. The second kappa shape index (κ2) is 4.09. The van der Waals surface area contributed by atoms with E-state index in [0.717, 1.165) is 30.7 Å². The number of alkyl halides is 3. The van der Waals surface area contributed by atoms with Gasteiger partial charge in [-0.25, -0.2) is 0 Å². The molecule has 2 rings (SSSR count). The Hall–Kier alpha value is -1.03. The van der Waals surface area contributed by atoms with E-state index in [9.17, 15) is 13.2 Å². The van der Waals surface area contributed by atoms with Crippen molar-refractivity contribution in [2.75, 3.05) is 6.54 Å². The van der Waals surface area contributed by atoms with Crippen LogP contribution in [0.4, 0.5) is 13.2 Å². The standard InChI is InChI=1S/C12H14F3N/c1-8(11-6-7-16-11)9-2-4-10(5-3-9)12(13,14)15/h2-5,8,11,16H,6-7H2,1H3. The van der Waals surface area contributed by atoms with E-state index in [0.29, 0.717) is 6.04 Å². The summed E-state index contributed by atoms with van der Waals surface area (Å²) >= 11 is 0. The molecule has 0 radical (unpaired) electrons. The Morgan fingerprint density at radius 1 is 1.25 bits per heavy atom. The molecule has 0 bridgehead atoms. The molecule has 88 valence electrons. The largest absolute Gasteiger partial charge is 0.416 e. The highest BCUT2D eigenvalue weighted by Crippen LogP contribution is 2.31. The van der Waals surface area contributed by atoms with Gasteiger partial charge in [0, 0.05) is 6.04 Å². The smallest absolute Gasteiger partial charge is 0.313 e. The average molecular weight is 229 g/mol. The van der Waals surface area contributed by atoms with Crippen LogP contribution in [-0.2, 0) is 6.18 Å². The van der Waals surface area contributed by atoms with Gasteiger partial charge >= 0.3 is 6.18 Å². The summed E-state index contributed by atoms with van der Waals surface area (Å²) in [5.74, 6) is 0.274. The Labute approximate surface area is 92.7 Å². The van der Waals surface area contributed by atoms with Gasteiger partial charge < -0.3 is 5.32 Å². The van der Waals surface area contributed by atoms with Gasteiger partial charge in [0.25, 0.3) is 0 Å². The summed E-state index contributed by atoms with van der Waals surface area (Å²) in [5.41, 5.74) is 0.384. The molecule has 2 unspecified atom stereocenters. The molecule has 0 spiro atoms. The zero-order valence-corrected chi connectivity index (χ0v) is 9.01. The van der Waals surface area contributed by atoms with Crippen LogP contribution in [0.3, 0.4) is 0 Å². The van der Waals surface area contributed by atoms with Crippen molar-refractivity contribution >= 4 is 0 Å². The van der Waals surface area contributed by atoms with Crippen LogP contribution >= 0.6 is 0 Å². The van der Waals surface area contributed by atoms with Crippen molar-refractivity contribution in [1.82, 2.24) is 5.32 Å². The second-order valence-corrected chi connectivity index (χ2v) is 4.26. The first-order chi connectivity index (χ1) is 7.48. The van der Waals surface area contributed by atoms with E-state index in [4.69, 9.17) is 0 Å². The van der Waals surface area contributed by atoms with Gasteiger partial charge in [-0.1, -0.05) is 19.1 Å². The van der Waals surface area contributed by atoms with Crippen LogP contribution in [0.25, 0.3) is 0 Å². The fourth-order valence-corrected chi connectivity index (χ4v) is 1.95. The molecule has 1 aromatic rings. The maximum atomic E-state index is 12.3. The zero-order valence-electron chi connectivity index (χ0n) is 9.01. The van der Waals surface area contributed by atoms with E-state index in [1.165, 1.54) is 0 Å². The molecule has 0 aromatic heterocycles. The van der Waals surface area contributed by atoms with E-state index in [1.807, 2.05) is 6.92 Å². The summed E-state index contributed by atoms with van der Waals surface area (Å²) in [6, 6.07) is 5.88. The highest BCUT2D eigenvalue weighted by Gasteiger charge is 2.31. The number of hydrogen-bond acceptors (Lipinski definition) is 1. The molecule has 1 aliphatic rings. The van der Waals surface area contributed by atoms with Gasteiger partial charge in [-0.05, 0) is 36.6 Å². The summed E-state index contributed by atoms with van der Waals surface area (Å²) in [7, 11) is 0. The van der Waals surface area contributed by atoms with Crippen LogP contribution in [0, 0.1) is 0 Å².